The smallest absolute Gasteiger partial charge is 0.309 e. The highest BCUT2D eigenvalue weighted by molar-refractivity contribution is 8.01. The molecule has 6 nitrogen and oxygen atoms in total. The fraction of sp³-hybridized carbons (Fsp3) is 0.176. The number of hydrogen-bond donors (Lipinski definition) is 0. The van der Waals surface area contributed by atoms with E-state index in [4.69, 9.17) is 0 Å². The lowest BCUT2D eigenvalue weighted by atomic mass is 10.3. The minimum absolute atomic E-state index is 0.103. The van der Waals surface area contributed by atoms with Gasteiger partial charge >= 0.3 is 11.2 Å². The molecular weight excluding hydrogens is 394 g/mol. The zero-order valence-electron chi connectivity index (χ0n) is 14.3. The van der Waals surface area contributed by atoms with Gasteiger partial charge in [0, 0.05) is 30.6 Å². The number of benzene rings is 1. The lowest BCUT2D eigenvalue weighted by molar-refractivity contribution is -0.131. The van der Waals surface area contributed by atoms with Gasteiger partial charge in [-0.25, -0.2) is 4.57 Å². The second-order valence-corrected chi connectivity index (χ2v) is 7.35. The fourth-order valence-electron chi connectivity index (χ4n) is 2.32. The molecule has 2 heterocycles. The Kier molecular flexibility index (Phi) is 5.38. The minimum Gasteiger partial charge on any atom is -0.309 e. The summed E-state index contributed by atoms with van der Waals surface area (Å²) in [5.41, 5.74) is 0.917. The molecule has 0 aliphatic rings. The fourth-order valence-corrected chi connectivity index (χ4v) is 3.80. The normalized spacial score (nSPS) is 11.4. The number of aromatic nitrogens is 3. The van der Waals surface area contributed by atoms with Crippen molar-refractivity contribution in [1.82, 2.24) is 14.8 Å². The van der Waals surface area contributed by atoms with E-state index in [0.29, 0.717) is 11.3 Å². The van der Waals surface area contributed by atoms with E-state index in [2.05, 4.69) is 10.2 Å². The summed E-state index contributed by atoms with van der Waals surface area (Å²) in [5.74, 6) is -1.79. The molecule has 27 heavy (non-hydrogen) atoms. The van der Waals surface area contributed by atoms with Gasteiger partial charge in [0.05, 0.1) is 0 Å². The Morgan fingerprint density at radius 2 is 1.89 bits per heavy atom. The zero-order chi connectivity index (χ0) is 19.6. The molecule has 0 saturated carbocycles. The monoisotopic (exact) mass is 408 g/mol. The van der Waals surface area contributed by atoms with Crippen molar-refractivity contribution in [3.63, 3.8) is 0 Å². The summed E-state index contributed by atoms with van der Waals surface area (Å²) in [6.07, 6.45) is 0. The van der Waals surface area contributed by atoms with Crippen LogP contribution >= 0.6 is 23.1 Å². The average molecular weight is 408 g/mol. The van der Waals surface area contributed by atoms with E-state index < -0.39 is 17.1 Å². The van der Waals surface area contributed by atoms with Crippen molar-refractivity contribution in [2.45, 2.75) is 17.3 Å². The molecule has 0 atom stereocenters. The molecule has 0 bridgehead atoms. The molecule has 3 rings (SSSR count). The Morgan fingerprint density at radius 3 is 2.48 bits per heavy atom. The van der Waals surface area contributed by atoms with Crippen molar-refractivity contribution < 1.29 is 18.4 Å². The largest absolute Gasteiger partial charge is 0.378 e. The third kappa shape index (κ3) is 3.91. The number of thiophene rings is 1. The summed E-state index contributed by atoms with van der Waals surface area (Å²) in [6.45, 7) is 1.22. The van der Waals surface area contributed by atoms with Crippen LogP contribution in [0.4, 0.5) is 14.5 Å². The number of rotatable bonds is 5. The summed E-state index contributed by atoms with van der Waals surface area (Å²) >= 11 is 1.27. The minimum atomic E-state index is -3.84. The molecule has 0 spiro atoms. The van der Waals surface area contributed by atoms with Crippen LogP contribution in [-0.4, -0.2) is 38.9 Å². The quantitative estimate of drug-likeness (QED) is 0.597. The molecule has 10 heteroatoms. The predicted octanol–water partition coefficient (Wildman–Crippen LogP) is 4.01. The van der Waals surface area contributed by atoms with Gasteiger partial charge in [-0.1, -0.05) is 18.2 Å². The zero-order valence-corrected chi connectivity index (χ0v) is 15.9. The number of para-hydroxylation sites is 1. The summed E-state index contributed by atoms with van der Waals surface area (Å²) in [5, 5.41) is 6.87. The average Bonchev–Trinajstić information content (AvgIpc) is 3.30. The van der Waals surface area contributed by atoms with Gasteiger partial charge in [0.1, 0.15) is 0 Å². The van der Waals surface area contributed by atoms with Crippen LogP contribution in [0.5, 0.6) is 0 Å². The van der Waals surface area contributed by atoms with Crippen LogP contribution < -0.4 is 4.90 Å². The number of hydrogen-bond acceptors (Lipinski definition) is 6. The molecule has 0 aliphatic heterocycles. The summed E-state index contributed by atoms with van der Waals surface area (Å²) in [6, 6.07) is 9.80. The first-order chi connectivity index (χ1) is 12.8. The molecule has 1 amide bonds. The van der Waals surface area contributed by atoms with Crippen LogP contribution in [0.3, 0.4) is 0 Å². The van der Waals surface area contributed by atoms with Gasteiger partial charge < -0.3 is 4.90 Å². The Labute approximate surface area is 161 Å². The number of anilines is 1. The van der Waals surface area contributed by atoms with E-state index in [1.54, 1.807) is 47.2 Å². The Balaban J connectivity index is 1.90. The van der Waals surface area contributed by atoms with Gasteiger partial charge in [0.2, 0.25) is 11.1 Å². The molecule has 140 valence electrons. The van der Waals surface area contributed by atoms with Crippen molar-refractivity contribution in [2.24, 2.45) is 0 Å². The molecule has 0 unspecified atom stereocenters. The predicted molar refractivity (Wildman–Crippen MR) is 100 cm³/mol. The summed E-state index contributed by atoms with van der Waals surface area (Å²) in [4.78, 5) is 25.2. The number of nitrogens with zero attached hydrogens (tertiary/aromatic N) is 4. The molecule has 0 N–H and O–H groups in total. The summed E-state index contributed by atoms with van der Waals surface area (Å²) < 4.78 is 30.2. The molecule has 0 fully saturated rings. The van der Waals surface area contributed by atoms with Crippen LogP contribution in [0.15, 0.2) is 52.3 Å². The van der Waals surface area contributed by atoms with Crippen LogP contribution in [0.2, 0.25) is 0 Å². The van der Waals surface area contributed by atoms with Crippen LogP contribution in [0.1, 0.15) is 11.7 Å². The van der Waals surface area contributed by atoms with E-state index >= 15 is 0 Å². The van der Waals surface area contributed by atoms with E-state index in [1.807, 2.05) is 0 Å². The highest BCUT2D eigenvalue weighted by Gasteiger charge is 2.45. The first kappa shape index (κ1) is 19.2. The van der Waals surface area contributed by atoms with E-state index in [9.17, 15) is 18.4 Å². The van der Waals surface area contributed by atoms with Crippen molar-refractivity contribution in [3.05, 3.63) is 47.2 Å². The van der Waals surface area contributed by atoms with Crippen molar-refractivity contribution in [3.8, 4) is 11.4 Å². The first-order valence-corrected chi connectivity index (χ1v) is 9.46. The second kappa shape index (κ2) is 7.57. The van der Waals surface area contributed by atoms with Gasteiger partial charge in [-0.3, -0.25) is 9.59 Å². The molecule has 3 aromatic rings. The lowest BCUT2D eigenvalue weighted by Gasteiger charge is -2.22. The number of carbonyl (C=O) groups excluding carboxylic acids is 2. The number of thioether (sulfide) groups is 1. The maximum absolute atomic E-state index is 14.6. The van der Waals surface area contributed by atoms with Gasteiger partial charge in [-0.05, 0) is 35.3 Å². The number of halogens is 2. The molecule has 0 saturated heterocycles. The van der Waals surface area contributed by atoms with Gasteiger partial charge in [-0.2, -0.15) is 20.1 Å². The number of carbonyl (C=O) groups is 2. The number of amides is 1. The van der Waals surface area contributed by atoms with Crippen molar-refractivity contribution in [2.75, 3.05) is 11.9 Å². The summed E-state index contributed by atoms with van der Waals surface area (Å²) in [7, 11) is 1.26. The molecule has 1 aromatic carbocycles. The maximum Gasteiger partial charge on any atom is 0.378 e. The third-order valence-electron chi connectivity index (χ3n) is 3.64. The van der Waals surface area contributed by atoms with E-state index in [0.717, 1.165) is 9.47 Å². The highest BCUT2D eigenvalue weighted by Crippen LogP contribution is 2.38. The van der Waals surface area contributed by atoms with Gasteiger partial charge in [0.15, 0.2) is 5.82 Å². The van der Waals surface area contributed by atoms with Gasteiger partial charge in [-0.15, -0.1) is 10.2 Å². The lowest BCUT2D eigenvalue weighted by Crippen LogP contribution is -2.39. The molecule has 2 aromatic heterocycles. The topological polar surface area (TPSA) is 68.1 Å². The van der Waals surface area contributed by atoms with Crippen molar-refractivity contribution in [1.29, 1.82) is 0 Å². The van der Waals surface area contributed by atoms with Crippen LogP contribution in [-0.2, 0) is 4.79 Å². The van der Waals surface area contributed by atoms with E-state index in [-0.39, 0.29) is 22.7 Å². The van der Waals surface area contributed by atoms with Crippen LogP contribution in [0.25, 0.3) is 11.4 Å². The first-order valence-electron chi connectivity index (χ1n) is 7.70. The molecule has 0 aliphatic carbocycles. The number of alkyl halides is 2. The maximum atomic E-state index is 14.6. The third-order valence-corrected chi connectivity index (χ3v) is 5.21. The standard InChI is InChI=1S/C17H14F2N4O2S2/c1-11(24)23-14(12-8-9-26-10-12)20-21-16(23)27-17(18,19)15(25)22(2)13-6-4-3-5-7-13/h3-10H,1-2H3. The molecule has 0 radical (unpaired) electrons. The highest BCUT2D eigenvalue weighted by atomic mass is 32.2. The Morgan fingerprint density at radius 1 is 1.19 bits per heavy atom. The van der Waals surface area contributed by atoms with Crippen molar-refractivity contribution >= 4 is 40.6 Å². The van der Waals surface area contributed by atoms with Crippen LogP contribution in [0, 0.1) is 0 Å². The Hall–Kier alpha value is -2.59. The molecular formula is C17H14F2N4O2S2. The van der Waals surface area contributed by atoms with E-state index in [1.165, 1.54) is 25.3 Å². The van der Waals surface area contributed by atoms with Gasteiger partial charge in [0.25, 0.3) is 0 Å². The SMILES string of the molecule is CC(=O)n1c(SC(F)(F)C(=O)N(C)c2ccccc2)nnc1-c1ccsc1. The Bertz CT molecular complexity index is 959. The second-order valence-electron chi connectivity index (χ2n) is 5.49.